The fraction of sp³-hybridized carbons (Fsp3) is 0.462. The lowest BCUT2D eigenvalue weighted by Crippen LogP contribution is -2.19. The summed E-state index contributed by atoms with van der Waals surface area (Å²) in [6.45, 7) is 2.08. The van der Waals surface area contributed by atoms with Crippen molar-refractivity contribution in [1.82, 2.24) is 4.90 Å². The highest BCUT2D eigenvalue weighted by molar-refractivity contribution is 5.32. The van der Waals surface area contributed by atoms with Gasteiger partial charge < -0.3 is 10.0 Å². The van der Waals surface area contributed by atoms with Crippen LogP contribution in [0.15, 0.2) is 24.3 Å². The van der Waals surface area contributed by atoms with E-state index in [0.29, 0.717) is 5.56 Å². The highest BCUT2D eigenvalue weighted by atomic mass is 16.2. The molecule has 0 saturated carbocycles. The van der Waals surface area contributed by atoms with Gasteiger partial charge in [0.25, 0.3) is 0 Å². The molecule has 0 atom stereocenters. The predicted molar refractivity (Wildman–Crippen MR) is 63.8 cm³/mol. The van der Waals surface area contributed by atoms with Crippen LogP contribution in [0.3, 0.4) is 0 Å². The third-order valence-corrected chi connectivity index (χ3v) is 2.46. The predicted octanol–water partition coefficient (Wildman–Crippen LogP) is 1.76. The molecule has 0 aliphatic carbocycles. The van der Waals surface area contributed by atoms with Crippen LogP contribution in [0.1, 0.15) is 24.0 Å². The van der Waals surface area contributed by atoms with Crippen LogP contribution in [-0.2, 0) is 6.54 Å². The van der Waals surface area contributed by atoms with Gasteiger partial charge >= 0.3 is 0 Å². The molecule has 1 aromatic rings. The Bertz CT molecular complexity index is 357. The van der Waals surface area contributed by atoms with Crippen molar-refractivity contribution in [2.24, 2.45) is 0 Å². The number of aliphatic hydroxyl groups is 1. The van der Waals surface area contributed by atoms with Crippen molar-refractivity contribution in [2.75, 3.05) is 20.2 Å². The molecule has 0 spiro atoms. The van der Waals surface area contributed by atoms with Crippen molar-refractivity contribution >= 4 is 0 Å². The number of nitrogens with zero attached hydrogens (tertiary/aromatic N) is 2. The minimum absolute atomic E-state index is 0.262. The highest BCUT2D eigenvalue weighted by Crippen LogP contribution is 2.07. The maximum atomic E-state index is 8.78. The summed E-state index contributed by atoms with van der Waals surface area (Å²) in [5.41, 5.74) is 1.87. The van der Waals surface area contributed by atoms with Gasteiger partial charge in [0, 0.05) is 13.2 Å². The molecule has 0 bridgehead atoms. The van der Waals surface area contributed by atoms with Crippen LogP contribution < -0.4 is 0 Å². The van der Waals surface area contributed by atoms with E-state index < -0.39 is 0 Å². The molecule has 0 amide bonds. The zero-order valence-electron chi connectivity index (χ0n) is 9.69. The second-order valence-corrected chi connectivity index (χ2v) is 3.98. The summed E-state index contributed by atoms with van der Waals surface area (Å²) in [5.74, 6) is 0. The fourth-order valence-electron chi connectivity index (χ4n) is 1.62. The van der Waals surface area contributed by atoms with Crippen LogP contribution in [0.2, 0.25) is 0 Å². The number of hydrogen-bond acceptors (Lipinski definition) is 3. The summed E-state index contributed by atoms with van der Waals surface area (Å²) in [5, 5.41) is 17.5. The van der Waals surface area contributed by atoms with Gasteiger partial charge in [0.2, 0.25) is 0 Å². The minimum Gasteiger partial charge on any atom is -0.396 e. The highest BCUT2D eigenvalue weighted by Gasteiger charge is 2.00. The molecule has 0 unspecified atom stereocenters. The van der Waals surface area contributed by atoms with E-state index in [9.17, 15) is 0 Å². The van der Waals surface area contributed by atoms with Gasteiger partial charge in [0.05, 0.1) is 11.6 Å². The van der Waals surface area contributed by atoms with E-state index in [-0.39, 0.29) is 6.61 Å². The van der Waals surface area contributed by atoms with Crippen LogP contribution in [-0.4, -0.2) is 30.2 Å². The Kier molecular flexibility index (Phi) is 5.55. The Balaban J connectivity index is 2.43. The Morgan fingerprint density at radius 2 is 2.19 bits per heavy atom. The molecule has 0 fully saturated rings. The van der Waals surface area contributed by atoms with Crippen LogP contribution in [0.4, 0.5) is 0 Å². The topological polar surface area (TPSA) is 47.3 Å². The van der Waals surface area contributed by atoms with Gasteiger partial charge in [-0.15, -0.1) is 0 Å². The third-order valence-electron chi connectivity index (χ3n) is 2.46. The number of rotatable bonds is 6. The first-order valence-electron chi connectivity index (χ1n) is 5.54. The van der Waals surface area contributed by atoms with Crippen molar-refractivity contribution in [3.8, 4) is 6.07 Å². The van der Waals surface area contributed by atoms with Gasteiger partial charge in [0.15, 0.2) is 0 Å². The molecule has 16 heavy (non-hydrogen) atoms. The van der Waals surface area contributed by atoms with Crippen LogP contribution in [0, 0.1) is 11.3 Å². The molecule has 0 heterocycles. The van der Waals surface area contributed by atoms with Crippen molar-refractivity contribution in [2.45, 2.75) is 19.4 Å². The van der Waals surface area contributed by atoms with E-state index in [1.54, 1.807) is 0 Å². The molecule has 3 nitrogen and oxygen atoms in total. The fourth-order valence-corrected chi connectivity index (χ4v) is 1.62. The zero-order valence-corrected chi connectivity index (χ0v) is 9.69. The van der Waals surface area contributed by atoms with E-state index in [0.717, 1.165) is 31.5 Å². The van der Waals surface area contributed by atoms with E-state index in [1.807, 2.05) is 24.3 Å². The standard InChI is InChI=1S/C13H18N2O/c1-15(7-2-3-8-16)11-13-6-4-5-12(9-13)10-14/h4-6,9,16H,2-3,7-8,11H2,1H3. The molecule has 1 rings (SSSR count). The van der Waals surface area contributed by atoms with Gasteiger partial charge in [0.1, 0.15) is 0 Å². The van der Waals surface area contributed by atoms with Crippen LogP contribution in [0.5, 0.6) is 0 Å². The molecule has 1 aromatic carbocycles. The number of unbranched alkanes of at least 4 members (excludes halogenated alkanes) is 1. The van der Waals surface area contributed by atoms with E-state index >= 15 is 0 Å². The number of hydrogen-bond donors (Lipinski definition) is 1. The lowest BCUT2D eigenvalue weighted by molar-refractivity contribution is 0.261. The molecule has 86 valence electrons. The molecule has 0 saturated heterocycles. The molecule has 0 aromatic heterocycles. The molecular formula is C13H18N2O. The summed E-state index contributed by atoms with van der Waals surface area (Å²) in [6, 6.07) is 9.82. The first kappa shape index (κ1) is 12.7. The summed E-state index contributed by atoms with van der Waals surface area (Å²) in [6.07, 6.45) is 1.85. The van der Waals surface area contributed by atoms with Gasteiger partial charge in [-0.2, -0.15) is 5.26 Å². The molecule has 0 radical (unpaired) electrons. The Morgan fingerprint density at radius 1 is 1.38 bits per heavy atom. The van der Waals surface area contributed by atoms with E-state index in [1.165, 1.54) is 0 Å². The Labute approximate surface area is 96.9 Å². The Hall–Kier alpha value is -1.37. The lowest BCUT2D eigenvalue weighted by atomic mass is 10.1. The summed E-state index contributed by atoms with van der Waals surface area (Å²) < 4.78 is 0. The van der Waals surface area contributed by atoms with Crippen LogP contribution >= 0.6 is 0 Å². The largest absolute Gasteiger partial charge is 0.396 e. The van der Waals surface area contributed by atoms with Gasteiger partial charge in [-0.25, -0.2) is 0 Å². The summed E-state index contributed by atoms with van der Waals surface area (Å²) in [7, 11) is 2.05. The average Bonchev–Trinajstić information content (AvgIpc) is 2.29. The van der Waals surface area contributed by atoms with Crippen molar-refractivity contribution in [3.63, 3.8) is 0 Å². The lowest BCUT2D eigenvalue weighted by Gasteiger charge is -2.16. The van der Waals surface area contributed by atoms with Gasteiger partial charge in [-0.3, -0.25) is 0 Å². The van der Waals surface area contributed by atoms with Crippen molar-refractivity contribution in [1.29, 1.82) is 5.26 Å². The molecule has 0 aliphatic heterocycles. The third kappa shape index (κ3) is 4.43. The quantitative estimate of drug-likeness (QED) is 0.740. The number of nitriles is 1. The normalized spacial score (nSPS) is 10.4. The molecule has 1 N–H and O–H groups in total. The van der Waals surface area contributed by atoms with E-state index in [4.69, 9.17) is 10.4 Å². The molecule has 3 heteroatoms. The van der Waals surface area contributed by atoms with Crippen molar-refractivity contribution in [3.05, 3.63) is 35.4 Å². The molecular weight excluding hydrogens is 200 g/mol. The van der Waals surface area contributed by atoms with Gasteiger partial charge in [-0.1, -0.05) is 12.1 Å². The van der Waals surface area contributed by atoms with Crippen LogP contribution in [0.25, 0.3) is 0 Å². The number of benzene rings is 1. The SMILES string of the molecule is CN(CCCCO)Cc1cccc(C#N)c1. The van der Waals surface area contributed by atoms with Crippen molar-refractivity contribution < 1.29 is 5.11 Å². The second-order valence-electron chi connectivity index (χ2n) is 3.98. The zero-order chi connectivity index (χ0) is 11.8. The maximum absolute atomic E-state index is 8.78. The second kappa shape index (κ2) is 7.00. The minimum atomic E-state index is 0.262. The number of aliphatic hydroxyl groups excluding tert-OH is 1. The average molecular weight is 218 g/mol. The summed E-state index contributed by atoms with van der Waals surface area (Å²) >= 11 is 0. The molecule has 0 aliphatic rings. The maximum Gasteiger partial charge on any atom is 0.0991 e. The summed E-state index contributed by atoms with van der Waals surface area (Å²) in [4.78, 5) is 2.20. The van der Waals surface area contributed by atoms with E-state index in [2.05, 4.69) is 18.0 Å². The smallest absolute Gasteiger partial charge is 0.0991 e. The van der Waals surface area contributed by atoms with Gasteiger partial charge in [-0.05, 0) is 44.1 Å². The first-order chi connectivity index (χ1) is 7.76. The Morgan fingerprint density at radius 3 is 2.88 bits per heavy atom. The first-order valence-corrected chi connectivity index (χ1v) is 5.54. The monoisotopic (exact) mass is 218 g/mol.